The third-order valence-corrected chi connectivity index (χ3v) is 2.84. The Labute approximate surface area is 116 Å². The Kier molecular flexibility index (Phi) is 4.20. The van der Waals surface area contributed by atoms with E-state index in [-0.39, 0.29) is 17.0 Å². The lowest BCUT2D eigenvalue weighted by Gasteiger charge is -2.06. The number of nitrogens with two attached hydrogens (primary N) is 1. The van der Waals surface area contributed by atoms with E-state index in [0.717, 1.165) is 17.7 Å². The smallest absolute Gasteiger partial charge is 0.259 e. The van der Waals surface area contributed by atoms with Gasteiger partial charge in [-0.3, -0.25) is 10.2 Å². The number of benzene rings is 1. The molecule has 0 saturated heterocycles. The number of amidine groups is 1. The minimum Gasteiger partial charge on any atom is -0.494 e. The molecule has 0 aliphatic rings. The first-order chi connectivity index (χ1) is 9.61. The number of nitrogens with one attached hydrogen (secondary N) is 2. The fourth-order valence-corrected chi connectivity index (χ4v) is 1.80. The molecular formula is C15H17N3O2. The van der Waals surface area contributed by atoms with Gasteiger partial charge in [0.1, 0.15) is 11.6 Å². The third-order valence-electron chi connectivity index (χ3n) is 2.84. The molecule has 5 heteroatoms. The van der Waals surface area contributed by atoms with Crippen molar-refractivity contribution in [3.63, 3.8) is 0 Å². The molecule has 0 spiro atoms. The van der Waals surface area contributed by atoms with Gasteiger partial charge in [0, 0.05) is 5.69 Å². The Hall–Kier alpha value is -2.56. The largest absolute Gasteiger partial charge is 0.494 e. The molecule has 0 fully saturated rings. The summed E-state index contributed by atoms with van der Waals surface area (Å²) in [7, 11) is 0. The molecule has 0 aliphatic heterocycles. The van der Waals surface area contributed by atoms with Gasteiger partial charge in [-0.15, -0.1) is 0 Å². The zero-order chi connectivity index (χ0) is 14.5. The molecule has 4 N–H and O–H groups in total. The quantitative estimate of drug-likeness (QED) is 0.574. The first-order valence-electron chi connectivity index (χ1n) is 6.42. The Morgan fingerprint density at radius 3 is 2.50 bits per heavy atom. The summed E-state index contributed by atoms with van der Waals surface area (Å²) in [6.45, 7) is 2.74. The highest BCUT2D eigenvalue weighted by Gasteiger charge is 2.05. The number of ether oxygens (including phenoxy) is 1. The normalized spacial score (nSPS) is 10.2. The lowest BCUT2D eigenvalue weighted by atomic mass is 10.1. The monoisotopic (exact) mass is 271 g/mol. The molecule has 0 aliphatic carbocycles. The number of hydrogen-bond donors (Lipinski definition) is 3. The Morgan fingerprint density at radius 1 is 1.25 bits per heavy atom. The number of hydrogen-bond acceptors (Lipinski definition) is 3. The molecule has 1 aromatic carbocycles. The summed E-state index contributed by atoms with van der Waals surface area (Å²) < 4.78 is 5.50. The second kappa shape index (κ2) is 6.06. The summed E-state index contributed by atoms with van der Waals surface area (Å²) in [6, 6.07) is 10.8. The van der Waals surface area contributed by atoms with Gasteiger partial charge in [-0.1, -0.05) is 6.92 Å². The van der Waals surface area contributed by atoms with Crippen LogP contribution in [-0.4, -0.2) is 17.4 Å². The minimum atomic E-state index is -0.360. The lowest BCUT2D eigenvalue weighted by Crippen LogP contribution is -2.23. The molecule has 0 bridgehead atoms. The van der Waals surface area contributed by atoms with Crippen LogP contribution < -0.4 is 16.0 Å². The van der Waals surface area contributed by atoms with Gasteiger partial charge in [0.25, 0.3) is 5.56 Å². The van der Waals surface area contributed by atoms with E-state index < -0.39 is 0 Å². The van der Waals surface area contributed by atoms with Crippen LogP contribution in [0.2, 0.25) is 0 Å². The van der Waals surface area contributed by atoms with Crippen LogP contribution in [0.25, 0.3) is 11.3 Å². The van der Waals surface area contributed by atoms with Crippen molar-refractivity contribution < 1.29 is 4.74 Å². The van der Waals surface area contributed by atoms with E-state index in [0.29, 0.717) is 12.3 Å². The molecule has 104 valence electrons. The lowest BCUT2D eigenvalue weighted by molar-refractivity contribution is 0.317. The van der Waals surface area contributed by atoms with Crippen LogP contribution >= 0.6 is 0 Å². The van der Waals surface area contributed by atoms with Gasteiger partial charge in [-0.25, -0.2) is 0 Å². The van der Waals surface area contributed by atoms with Gasteiger partial charge >= 0.3 is 0 Å². The van der Waals surface area contributed by atoms with Crippen molar-refractivity contribution in [2.45, 2.75) is 13.3 Å². The number of H-pyrrole nitrogens is 1. The van der Waals surface area contributed by atoms with Crippen molar-refractivity contribution in [2.24, 2.45) is 5.73 Å². The van der Waals surface area contributed by atoms with Gasteiger partial charge in [-0.05, 0) is 48.4 Å². The fourth-order valence-electron chi connectivity index (χ4n) is 1.80. The Bertz CT molecular complexity index is 660. The van der Waals surface area contributed by atoms with Crippen molar-refractivity contribution in [3.05, 3.63) is 52.3 Å². The average Bonchev–Trinajstić information content (AvgIpc) is 2.45. The van der Waals surface area contributed by atoms with Gasteiger partial charge in [0.05, 0.1) is 12.2 Å². The topological polar surface area (TPSA) is 92.0 Å². The Morgan fingerprint density at radius 2 is 1.95 bits per heavy atom. The number of rotatable bonds is 5. The molecule has 5 nitrogen and oxygen atoms in total. The zero-order valence-corrected chi connectivity index (χ0v) is 11.3. The fraction of sp³-hybridized carbons (Fsp3) is 0.200. The van der Waals surface area contributed by atoms with Gasteiger partial charge in [-0.2, -0.15) is 0 Å². The van der Waals surface area contributed by atoms with Crippen LogP contribution in [-0.2, 0) is 0 Å². The summed E-state index contributed by atoms with van der Waals surface area (Å²) >= 11 is 0. The van der Waals surface area contributed by atoms with E-state index in [1.54, 1.807) is 12.1 Å². The molecule has 0 amide bonds. The second-order valence-corrected chi connectivity index (χ2v) is 4.40. The van der Waals surface area contributed by atoms with Crippen molar-refractivity contribution >= 4 is 5.84 Å². The highest BCUT2D eigenvalue weighted by Crippen LogP contribution is 2.20. The molecule has 0 atom stereocenters. The zero-order valence-electron chi connectivity index (χ0n) is 11.3. The van der Waals surface area contributed by atoms with E-state index in [1.807, 2.05) is 24.3 Å². The molecule has 2 aromatic rings. The van der Waals surface area contributed by atoms with Crippen molar-refractivity contribution in [3.8, 4) is 17.0 Å². The third kappa shape index (κ3) is 3.06. The SMILES string of the molecule is CCCOc1ccc(-c2ccc(C(=N)N)c(=O)[nH]2)cc1. The van der Waals surface area contributed by atoms with E-state index in [2.05, 4.69) is 11.9 Å². The summed E-state index contributed by atoms with van der Waals surface area (Å²) in [5, 5.41) is 7.29. The molecule has 20 heavy (non-hydrogen) atoms. The van der Waals surface area contributed by atoms with Crippen LogP contribution in [0.5, 0.6) is 5.75 Å². The first-order valence-corrected chi connectivity index (χ1v) is 6.42. The molecule has 1 aromatic heterocycles. The highest BCUT2D eigenvalue weighted by molar-refractivity contribution is 5.94. The summed E-state index contributed by atoms with van der Waals surface area (Å²) in [5.74, 6) is 0.569. The number of aromatic amines is 1. The van der Waals surface area contributed by atoms with Gasteiger partial charge in [0.2, 0.25) is 0 Å². The number of pyridine rings is 1. The predicted molar refractivity (Wildman–Crippen MR) is 79.3 cm³/mol. The second-order valence-electron chi connectivity index (χ2n) is 4.40. The van der Waals surface area contributed by atoms with Crippen LogP contribution in [0, 0.1) is 5.41 Å². The summed E-state index contributed by atoms with van der Waals surface area (Å²) in [6.07, 6.45) is 0.960. The molecule has 0 unspecified atom stereocenters. The van der Waals surface area contributed by atoms with Crippen LogP contribution in [0.4, 0.5) is 0 Å². The average molecular weight is 271 g/mol. The molecular weight excluding hydrogens is 254 g/mol. The maximum Gasteiger partial charge on any atom is 0.259 e. The van der Waals surface area contributed by atoms with E-state index >= 15 is 0 Å². The molecule has 1 heterocycles. The molecule has 0 radical (unpaired) electrons. The Balaban J connectivity index is 2.26. The van der Waals surface area contributed by atoms with Gasteiger partial charge < -0.3 is 15.5 Å². The van der Waals surface area contributed by atoms with E-state index in [4.69, 9.17) is 15.9 Å². The number of nitrogen functional groups attached to an aromatic ring is 1. The maximum atomic E-state index is 11.8. The van der Waals surface area contributed by atoms with Crippen LogP contribution in [0.15, 0.2) is 41.2 Å². The maximum absolute atomic E-state index is 11.8. The van der Waals surface area contributed by atoms with Crippen LogP contribution in [0.1, 0.15) is 18.9 Å². The molecule has 0 saturated carbocycles. The van der Waals surface area contributed by atoms with Crippen LogP contribution in [0.3, 0.4) is 0 Å². The summed E-state index contributed by atoms with van der Waals surface area (Å²) in [5.41, 5.74) is 6.69. The van der Waals surface area contributed by atoms with E-state index in [9.17, 15) is 4.79 Å². The first kappa shape index (κ1) is 13.9. The number of aromatic nitrogens is 1. The standard InChI is InChI=1S/C15H17N3O2/c1-2-9-20-11-5-3-10(4-6-11)13-8-7-12(14(16)17)15(19)18-13/h3-8H,2,9H2,1H3,(H3,16,17)(H,18,19). The minimum absolute atomic E-state index is 0.177. The highest BCUT2D eigenvalue weighted by atomic mass is 16.5. The van der Waals surface area contributed by atoms with Crippen molar-refractivity contribution in [1.82, 2.24) is 4.98 Å². The van der Waals surface area contributed by atoms with Gasteiger partial charge in [0.15, 0.2) is 0 Å². The van der Waals surface area contributed by atoms with E-state index in [1.165, 1.54) is 0 Å². The molecule has 2 rings (SSSR count). The summed E-state index contributed by atoms with van der Waals surface area (Å²) in [4.78, 5) is 14.5. The van der Waals surface area contributed by atoms with Crippen molar-refractivity contribution in [2.75, 3.05) is 6.61 Å². The predicted octanol–water partition coefficient (Wildman–Crippen LogP) is 2.11. The van der Waals surface area contributed by atoms with Crippen molar-refractivity contribution in [1.29, 1.82) is 5.41 Å².